The molecule has 0 saturated carbocycles. The largest absolute Gasteiger partial charge is 0.369 e. The van der Waals surface area contributed by atoms with Gasteiger partial charge in [0.25, 0.3) is 0 Å². The van der Waals surface area contributed by atoms with Gasteiger partial charge in [0.1, 0.15) is 18.0 Å². The number of hydrogen-bond acceptors (Lipinski definition) is 4. The molecular formula is C15H16FN5. The molecule has 0 spiro atoms. The van der Waals surface area contributed by atoms with Gasteiger partial charge >= 0.3 is 0 Å². The lowest BCUT2D eigenvalue weighted by Gasteiger charge is -2.06. The molecule has 0 atom stereocenters. The Morgan fingerprint density at radius 2 is 2.00 bits per heavy atom. The molecule has 0 saturated heterocycles. The maximum atomic E-state index is 12.9. The number of nitrogens with one attached hydrogen (secondary N) is 1. The minimum Gasteiger partial charge on any atom is -0.369 e. The van der Waals surface area contributed by atoms with E-state index in [0.717, 1.165) is 35.4 Å². The van der Waals surface area contributed by atoms with Crippen LogP contribution in [0.15, 0.2) is 36.8 Å². The number of aromatic nitrogens is 4. The number of benzene rings is 1. The van der Waals surface area contributed by atoms with E-state index >= 15 is 0 Å². The van der Waals surface area contributed by atoms with Crippen molar-refractivity contribution in [1.82, 2.24) is 19.7 Å². The zero-order valence-corrected chi connectivity index (χ0v) is 11.8. The molecule has 21 heavy (non-hydrogen) atoms. The third kappa shape index (κ3) is 2.84. The Bertz CT molecular complexity index is 735. The quantitative estimate of drug-likeness (QED) is 0.783. The van der Waals surface area contributed by atoms with Gasteiger partial charge in [-0.15, -0.1) is 0 Å². The van der Waals surface area contributed by atoms with Gasteiger partial charge in [-0.05, 0) is 24.1 Å². The van der Waals surface area contributed by atoms with Gasteiger partial charge in [-0.25, -0.2) is 19.0 Å². The predicted molar refractivity (Wildman–Crippen MR) is 79.6 cm³/mol. The third-order valence-corrected chi connectivity index (χ3v) is 3.22. The molecule has 2 heterocycles. The topological polar surface area (TPSA) is 55.6 Å². The summed E-state index contributed by atoms with van der Waals surface area (Å²) in [5.41, 5.74) is 1.75. The van der Waals surface area contributed by atoms with Crippen LogP contribution < -0.4 is 5.32 Å². The van der Waals surface area contributed by atoms with Crippen molar-refractivity contribution in [3.05, 3.63) is 48.2 Å². The molecule has 0 aliphatic carbocycles. The molecule has 0 radical (unpaired) electrons. The molecule has 3 rings (SSSR count). The average molecular weight is 285 g/mol. The van der Waals surface area contributed by atoms with Crippen molar-refractivity contribution >= 4 is 16.9 Å². The van der Waals surface area contributed by atoms with E-state index in [-0.39, 0.29) is 5.82 Å². The maximum absolute atomic E-state index is 12.9. The summed E-state index contributed by atoms with van der Waals surface area (Å²) in [6.07, 6.45) is 4.31. The van der Waals surface area contributed by atoms with Crippen LogP contribution >= 0.6 is 0 Å². The number of fused-ring (bicyclic) bond motifs is 1. The summed E-state index contributed by atoms with van der Waals surface area (Å²) < 4.78 is 14.7. The third-order valence-electron chi connectivity index (χ3n) is 3.22. The summed E-state index contributed by atoms with van der Waals surface area (Å²) in [6, 6.07) is 6.40. The average Bonchev–Trinajstić information content (AvgIpc) is 2.91. The highest BCUT2D eigenvalue weighted by Crippen LogP contribution is 2.19. The summed E-state index contributed by atoms with van der Waals surface area (Å²) in [5.74, 6) is 0.560. The first-order valence-electron chi connectivity index (χ1n) is 6.92. The first-order chi connectivity index (χ1) is 10.3. The van der Waals surface area contributed by atoms with Gasteiger partial charge in [-0.1, -0.05) is 19.1 Å². The zero-order valence-electron chi connectivity index (χ0n) is 11.8. The van der Waals surface area contributed by atoms with Crippen molar-refractivity contribution < 1.29 is 4.39 Å². The van der Waals surface area contributed by atoms with Gasteiger partial charge in [0, 0.05) is 6.54 Å². The summed E-state index contributed by atoms with van der Waals surface area (Å²) >= 11 is 0. The van der Waals surface area contributed by atoms with E-state index in [2.05, 4.69) is 27.3 Å². The number of halogens is 1. The second-order valence-electron chi connectivity index (χ2n) is 4.82. The fourth-order valence-electron chi connectivity index (χ4n) is 2.16. The minimum atomic E-state index is -0.238. The lowest BCUT2D eigenvalue weighted by atomic mass is 10.2. The number of hydrogen-bond donors (Lipinski definition) is 1. The van der Waals surface area contributed by atoms with Gasteiger partial charge in [0.05, 0.1) is 18.1 Å². The molecule has 108 valence electrons. The number of rotatable bonds is 5. The van der Waals surface area contributed by atoms with Crippen LogP contribution in [0.25, 0.3) is 11.0 Å². The Balaban J connectivity index is 1.91. The van der Waals surface area contributed by atoms with Crippen LogP contribution in [0, 0.1) is 5.82 Å². The molecule has 3 aromatic rings. The molecule has 2 aromatic heterocycles. The Hall–Kier alpha value is -2.50. The fraction of sp³-hybridized carbons (Fsp3) is 0.267. The molecule has 1 N–H and O–H groups in total. The first-order valence-corrected chi connectivity index (χ1v) is 6.92. The molecular weight excluding hydrogens is 269 g/mol. The van der Waals surface area contributed by atoms with Crippen molar-refractivity contribution in [3.63, 3.8) is 0 Å². The second-order valence-corrected chi connectivity index (χ2v) is 4.82. The molecule has 0 amide bonds. The van der Waals surface area contributed by atoms with Crippen molar-refractivity contribution in [1.29, 1.82) is 0 Å². The second kappa shape index (κ2) is 5.87. The Kier molecular flexibility index (Phi) is 3.77. The molecule has 0 aliphatic heterocycles. The minimum absolute atomic E-state index is 0.238. The first kappa shape index (κ1) is 13.5. The van der Waals surface area contributed by atoms with Crippen molar-refractivity contribution in [2.75, 3.05) is 11.9 Å². The number of anilines is 1. The van der Waals surface area contributed by atoms with Crippen molar-refractivity contribution in [3.8, 4) is 0 Å². The van der Waals surface area contributed by atoms with Crippen molar-refractivity contribution in [2.24, 2.45) is 0 Å². The standard InChI is InChI=1S/C15H16FN5/c1-2-7-17-14-13-8-20-21(15(13)19-10-18-14)9-11-3-5-12(16)6-4-11/h3-6,8,10H,2,7,9H2,1H3,(H,17,18,19). The summed E-state index contributed by atoms with van der Waals surface area (Å²) in [5, 5.41) is 8.53. The number of nitrogens with zero attached hydrogens (tertiary/aromatic N) is 4. The molecule has 0 fully saturated rings. The molecule has 0 bridgehead atoms. The van der Waals surface area contributed by atoms with Crippen LogP contribution in [0.3, 0.4) is 0 Å². The molecule has 6 heteroatoms. The highest BCUT2D eigenvalue weighted by Gasteiger charge is 2.09. The van der Waals surface area contributed by atoms with Gasteiger partial charge in [0.2, 0.25) is 0 Å². The SMILES string of the molecule is CCCNc1ncnc2c1cnn2Cc1ccc(F)cc1. The van der Waals surface area contributed by atoms with E-state index in [4.69, 9.17) is 0 Å². The Labute approximate surface area is 121 Å². The molecule has 5 nitrogen and oxygen atoms in total. The van der Waals surface area contributed by atoms with E-state index in [9.17, 15) is 4.39 Å². The predicted octanol–water partition coefficient (Wildman–Crippen LogP) is 2.84. The van der Waals surface area contributed by atoms with Crippen LogP contribution in [-0.4, -0.2) is 26.3 Å². The maximum Gasteiger partial charge on any atom is 0.163 e. The van der Waals surface area contributed by atoms with Crippen LogP contribution in [0.4, 0.5) is 10.2 Å². The lowest BCUT2D eigenvalue weighted by molar-refractivity contribution is 0.625. The molecule has 0 unspecified atom stereocenters. The monoisotopic (exact) mass is 285 g/mol. The summed E-state index contributed by atoms with van der Waals surface area (Å²) in [4.78, 5) is 8.55. The summed E-state index contributed by atoms with van der Waals surface area (Å²) in [6.45, 7) is 3.51. The van der Waals surface area contributed by atoms with Crippen LogP contribution in [-0.2, 0) is 6.54 Å². The van der Waals surface area contributed by atoms with E-state index < -0.39 is 0 Å². The molecule has 1 aromatic carbocycles. The lowest BCUT2D eigenvalue weighted by Crippen LogP contribution is -2.05. The van der Waals surface area contributed by atoms with Crippen LogP contribution in [0.5, 0.6) is 0 Å². The van der Waals surface area contributed by atoms with E-state index in [0.29, 0.717) is 6.54 Å². The van der Waals surface area contributed by atoms with Gasteiger partial charge in [0.15, 0.2) is 5.65 Å². The van der Waals surface area contributed by atoms with Gasteiger partial charge in [-0.2, -0.15) is 5.10 Å². The highest BCUT2D eigenvalue weighted by molar-refractivity contribution is 5.86. The summed E-state index contributed by atoms with van der Waals surface area (Å²) in [7, 11) is 0. The van der Waals surface area contributed by atoms with Crippen LogP contribution in [0.2, 0.25) is 0 Å². The van der Waals surface area contributed by atoms with E-state index in [1.165, 1.54) is 18.5 Å². The van der Waals surface area contributed by atoms with Gasteiger partial charge in [-0.3, -0.25) is 0 Å². The van der Waals surface area contributed by atoms with Gasteiger partial charge < -0.3 is 5.32 Å². The Morgan fingerprint density at radius 1 is 1.19 bits per heavy atom. The van der Waals surface area contributed by atoms with Crippen molar-refractivity contribution in [2.45, 2.75) is 19.9 Å². The van der Waals surface area contributed by atoms with E-state index in [1.54, 1.807) is 23.0 Å². The Morgan fingerprint density at radius 3 is 2.76 bits per heavy atom. The normalized spacial score (nSPS) is 11.0. The smallest absolute Gasteiger partial charge is 0.163 e. The molecule has 0 aliphatic rings. The highest BCUT2D eigenvalue weighted by atomic mass is 19.1. The zero-order chi connectivity index (χ0) is 14.7. The fourth-order valence-corrected chi connectivity index (χ4v) is 2.16. The van der Waals surface area contributed by atoms with Crippen LogP contribution in [0.1, 0.15) is 18.9 Å². The van der Waals surface area contributed by atoms with E-state index in [1.807, 2.05) is 0 Å².